The van der Waals surface area contributed by atoms with Crippen LogP contribution in [0.15, 0.2) is 41.6 Å². The van der Waals surface area contributed by atoms with E-state index in [2.05, 4.69) is 9.82 Å². The van der Waals surface area contributed by atoms with Crippen molar-refractivity contribution in [1.82, 2.24) is 9.78 Å². The largest absolute Gasteiger partial charge is 0.481 e. The van der Waals surface area contributed by atoms with E-state index in [0.29, 0.717) is 5.69 Å². The molecule has 0 saturated heterocycles. The van der Waals surface area contributed by atoms with Gasteiger partial charge in [0, 0.05) is 6.20 Å². The maximum Gasteiger partial charge on any atom is 0.305 e. The first-order chi connectivity index (χ1) is 9.88. The van der Waals surface area contributed by atoms with Gasteiger partial charge in [0.05, 0.1) is 30.5 Å². The number of nitrogens with zero attached hydrogens (tertiary/aromatic N) is 2. The first kappa shape index (κ1) is 14.9. The van der Waals surface area contributed by atoms with Crippen LogP contribution in [0.4, 0.5) is 11.4 Å². The Morgan fingerprint density at radius 3 is 2.76 bits per heavy atom. The van der Waals surface area contributed by atoms with Crippen LogP contribution in [-0.2, 0) is 21.4 Å². The fourth-order valence-corrected chi connectivity index (χ4v) is 2.65. The number of nitrogens with one attached hydrogen (secondary N) is 1. The Hall–Kier alpha value is -2.55. The van der Waals surface area contributed by atoms with Gasteiger partial charge >= 0.3 is 5.97 Å². The lowest BCUT2D eigenvalue weighted by Crippen LogP contribution is -2.13. The third kappa shape index (κ3) is 3.72. The van der Waals surface area contributed by atoms with E-state index in [9.17, 15) is 13.2 Å². The molecule has 0 amide bonds. The lowest BCUT2D eigenvalue weighted by Gasteiger charge is -2.08. The number of carbonyl (C=O) groups is 1. The molecule has 1 aromatic heterocycles. The molecule has 4 N–H and O–H groups in total. The van der Waals surface area contributed by atoms with Crippen molar-refractivity contribution in [3.05, 3.63) is 36.7 Å². The third-order valence-corrected chi connectivity index (χ3v) is 4.00. The molecule has 0 fully saturated rings. The molecule has 1 heterocycles. The summed E-state index contributed by atoms with van der Waals surface area (Å²) in [4.78, 5) is 10.4. The molecule has 0 atom stereocenters. The van der Waals surface area contributed by atoms with Crippen molar-refractivity contribution in [1.29, 1.82) is 0 Å². The summed E-state index contributed by atoms with van der Waals surface area (Å²) in [7, 11) is -3.81. The smallest absolute Gasteiger partial charge is 0.305 e. The second-order valence-corrected chi connectivity index (χ2v) is 5.96. The van der Waals surface area contributed by atoms with Gasteiger partial charge in [-0.2, -0.15) is 5.10 Å². The number of para-hydroxylation sites is 2. The second-order valence-electron chi connectivity index (χ2n) is 4.28. The number of carboxylic acids is 1. The van der Waals surface area contributed by atoms with Gasteiger partial charge in [0.25, 0.3) is 10.0 Å². The second kappa shape index (κ2) is 5.83. The molecule has 112 valence electrons. The molecule has 0 saturated carbocycles. The van der Waals surface area contributed by atoms with Crippen LogP contribution < -0.4 is 10.5 Å². The van der Waals surface area contributed by atoms with Crippen LogP contribution in [0.25, 0.3) is 0 Å². The van der Waals surface area contributed by atoms with E-state index < -0.39 is 16.0 Å². The van der Waals surface area contributed by atoms with E-state index in [-0.39, 0.29) is 23.5 Å². The Kier molecular flexibility index (Phi) is 4.13. The number of hydrogen-bond donors (Lipinski definition) is 3. The zero-order chi connectivity index (χ0) is 15.5. The Morgan fingerprint density at radius 2 is 2.10 bits per heavy atom. The average molecular weight is 310 g/mol. The number of anilines is 2. The van der Waals surface area contributed by atoms with Gasteiger partial charge < -0.3 is 10.8 Å². The van der Waals surface area contributed by atoms with Gasteiger partial charge in [0.15, 0.2) is 0 Å². The summed E-state index contributed by atoms with van der Waals surface area (Å²) in [5.74, 6) is -0.981. The summed E-state index contributed by atoms with van der Waals surface area (Å²) in [5.41, 5.74) is 6.26. The first-order valence-corrected chi connectivity index (χ1v) is 7.48. The molecule has 0 aliphatic heterocycles. The Morgan fingerprint density at radius 1 is 1.38 bits per heavy atom. The van der Waals surface area contributed by atoms with Crippen LogP contribution in [0.1, 0.15) is 6.42 Å². The van der Waals surface area contributed by atoms with Crippen molar-refractivity contribution < 1.29 is 18.3 Å². The first-order valence-electron chi connectivity index (χ1n) is 6.00. The van der Waals surface area contributed by atoms with Gasteiger partial charge in [0.2, 0.25) is 0 Å². The highest BCUT2D eigenvalue weighted by molar-refractivity contribution is 7.92. The number of sulfonamides is 1. The van der Waals surface area contributed by atoms with E-state index in [1.165, 1.54) is 10.9 Å². The van der Waals surface area contributed by atoms with Crippen LogP contribution in [0.3, 0.4) is 0 Å². The molecule has 0 aliphatic carbocycles. The van der Waals surface area contributed by atoms with E-state index in [4.69, 9.17) is 10.8 Å². The minimum Gasteiger partial charge on any atom is -0.481 e. The minimum absolute atomic E-state index is 0.0591. The highest BCUT2D eigenvalue weighted by Gasteiger charge is 2.17. The Labute approximate surface area is 121 Å². The van der Waals surface area contributed by atoms with Crippen molar-refractivity contribution in [3.8, 4) is 0 Å². The number of hydrogen-bond acceptors (Lipinski definition) is 5. The summed E-state index contributed by atoms with van der Waals surface area (Å²) >= 11 is 0. The predicted molar refractivity (Wildman–Crippen MR) is 76.1 cm³/mol. The van der Waals surface area contributed by atoms with Crippen molar-refractivity contribution in [2.24, 2.45) is 0 Å². The number of nitrogen functional groups attached to an aromatic ring is 1. The molecule has 0 unspecified atom stereocenters. The molecule has 0 radical (unpaired) electrons. The molecule has 0 spiro atoms. The summed E-state index contributed by atoms with van der Waals surface area (Å²) in [6, 6.07) is 6.47. The lowest BCUT2D eigenvalue weighted by atomic mass is 10.3. The number of aryl methyl sites for hydroxylation is 1. The molecular weight excluding hydrogens is 296 g/mol. The molecule has 9 heteroatoms. The highest BCUT2D eigenvalue weighted by atomic mass is 32.2. The number of nitrogens with two attached hydrogens (primary N) is 1. The van der Waals surface area contributed by atoms with Gasteiger partial charge in [-0.15, -0.1) is 0 Å². The van der Waals surface area contributed by atoms with Crippen molar-refractivity contribution >= 4 is 27.4 Å². The van der Waals surface area contributed by atoms with Crippen LogP contribution in [0.5, 0.6) is 0 Å². The quantitative estimate of drug-likeness (QED) is 0.675. The normalized spacial score (nSPS) is 11.2. The number of carboxylic acid groups (broad SMARTS) is 1. The van der Waals surface area contributed by atoms with Gasteiger partial charge in [-0.05, 0) is 12.1 Å². The Balaban J connectivity index is 2.17. The molecule has 2 aromatic rings. The molecule has 8 nitrogen and oxygen atoms in total. The summed E-state index contributed by atoms with van der Waals surface area (Å²) in [5, 5.41) is 12.4. The highest BCUT2D eigenvalue weighted by Crippen LogP contribution is 2.21. The molecule has 0 bridgehead atoms. The van der Waals surface area contributed by atoms with Gasteiger partial charge in [0.1, 0.15) is 4.90 Å². The van der Waals surface area contributed by atoms with Gasteiger partial charge in [-0.25, -0.2) is 8.42 Å². The molecule has 2 rings (SSSR count). The average Bonchev–Trinajstić information content (AvgIpc) is 2.88. The van der Waals surface area contributed by atoms with E-state index >= 15 is 0 Å². The minimum atomic E-state index is -3.81. The molecular formula is C12H14N4O4S. The SMILES string of the molecule is Nc1ccccc1NS(=O)(=O)c1cnn(CCC(=O)O)c1. The topological polar surface area (TPSA) is 127 Å². The molecule has 1 aromatic carbocycles. The van der Waals surface area contributed by atoms with Crippen molar-refractivity contribution in [2.45, 2.75) is 17.9 Å². The summed E-state index contributed by atoms with van der Waals surface area (Å²) in [6.45, 7) is 0.0956. The Bertz CT molecular complexity index is 754. The zero-order valence-electron chi connectivity index (χ0n) is 10.9. The monoisotopic (exact) mass is 310 g/mol. The number of rotatable bonds is 6. The van der Waals surface area contributed by atoms with Gasteiger partial charge in [-0.1, -0.05) is 12.1 Å². The summed E-state index contributed by atoms with van der Waals surface area (Å²) in [6.07, 6.45) is 2.29. The van der Waals surface area contributed by atoms with Crippen molar-refractivity contribution in [3.63, 3.8) is 0 Å². The van der Waals surface area contributed by atoms with E-state index in [1.54, 1.807) is 24.3 Å². The maximum atomic E-state index is 12.2. The van der Waals surface area contributed by atoms with Gasteiger partial charge in [-0.3, -0.25) is 14.2 Å². The van der Waals surface area contributed by atoms with Crippen molar-refractivity contribution in [2.75, 3.05) is 10.5 Å². The van der Waals surface area contributed by atoms with Crippen LogP contribution >= 0.6 is 0 Å². The number of benzene rings is 1. The fourth-order valence-electron chi connectivity index (χ4n) is 1.61. The third-order valence-electron chi connectivity index (χ3n) is 2.68. The predicted octanol–water partition coefficient (Wildman–Crippen LogP) is 0.741. The maximum absolute atomic E-state index is 12.2. The standard InChI is InChI=1S/C12H14N4O4S/c13-10-3-1-2-4-11(10)15-21(19,20)9-7-14-16(8-9)6-5-12(17)18/h1-4,7-8,15H,5-6,13H2,(H,17,18). The number of aromatic nitrogens is 2. The lowest BCUT2D eigenvalue weighted by molar-refractivity contribution is -0.137. The van der Waals surface area contributed by atoms with Crippen LogP contribution in [-0.4, -0.2) is 29.3 Å². The van der Waals surface area contributed by atoms with Crippen LogP contribution in [0.2, 0.25) is 0 Å². The molecule has 21 heavy (non-hydrogen) atoms. The van der Waals surface area contributed by atoms with Crippen LogP contribution in [0, 0.1) is 0 Å². The fraction of sp³-hybridized carbons (Fsp3) is 0.167. The molecule has 0 aliphatic rings. The number of aliphatic carboxylic acids is 1. The van der Waals surface area contributed by atoms with E-state index in [0.717, 1.165) is 6.20 Å². The van der Waals surface area contributed by atoms with E-state index in [1.807, 2.05) is 0 Å². The summed E-state index contributed by atoms with van der Waals surface area (Å²) < 4.78 is 28.0. The zero-order valence-corrected chi connectivity index (χ0v) is 11.7.